The Bertz CT molecular complexity index is 1330. The molecule has 64 heavy (non-hydrogen) atoms. The quantitative estimate of drug-likeness (QED) is 0.0160. The lowest BCUT2D eigenvalue weighted by Crippen LogP contribution is -2.64. The Labute approximate surface area is 386 Å². The van der Waals surface area contributed by atoms with Gasteiger partial charge in [0.05, 0.1) is 31.3 Å². The lowest BCUT2D eigenvalue weighted by atomic mass is 9.85. The standard InChI is InChI=1S/C50H90NO12P/c1-3-5-7-9-11-13-14-15-16-17-18-19-20-21-22-23-24-25-26-27-28-30-31-33-35-37-41(52)39-44(54)51-42(43(53)38-36-34-32-29-12-10-8-6-4-2)40-62-64(60,61)63-50-48(58)46(56)45(55)47(57)49(50)59/h4,6,12,18-19,21-22,29,36,38,41-43,45-50,52-53,55-59H,3,5,7-11,13-17,20,23-28,30-35,37,39-40H2,1-2H3,(H,51,54)(H,60,61)/b6-4+,19-18-,22-21-,29-12+,38-36+. The van der Waals surface area contributed by atoms with Crippen LogP contribution in [0.3, 0.4) is 0 Å². The molecule has 0 radical (unpaired) electrons. The van der Waals surface area contributed by atoms with Gasteiger partial charge in [-0.2, -0.15) is 0 Å². The number of nitrogens with one attached hydrogen (secondary N) is 1. The second-order valence-corrected chi connectivity index (χ2v) is 18.9. The highest BCUT2D eigenvalue weighted by molar-refractivity contribution is 7.47. The second-order valence-electron chi connectivity index (χ2n) is 17.5. The third kappa shape index (κ3) is 30.3. The average molecular weight is 928 g/mol. The van der Waals surface area contributed by atoms with Crippen molar-refractivity contribution in [2.75, 3.05) is 6.61 Å². The predicted molar refractivity (Wildman–Crippen MR) is 256 cm³/mol. The molecule has 1 amide bonds. The number of carbonyl (C=O) groups excluding carboxylic acids is 1. The number of unbranched alkanes of at least 4 members (excludes halogenated alkanes) is 20. The van der Waals surface area contributed by atoms with E-state index in [2.05, 4.69) is 48.7 Å². The molecule has 1 fully saturated rings. The summed E-state index contributed by atoms with van der Waals surface area (Å²) in [5.74, 6) is -0.614. The molecule has 0 spiro atoms. The largest absolute Gasteiger partial charge is 0.472 e. The molecule has 0 aromatic rings. The van der Waals surface area contributed by atoms with Crippen LogP contribution in [-0.4, -0.2) is 108 Å². The van der Waals surface area contributed by atoms with Crippen LogP contribution >= 0.6 is 7.82 Å². The van der Waals surface area contributed by atoms with E-state index in [1.807, 2.05) is 19.1 Å². The minimum atomic E-state index is -5.15. The molecular weight excluding hydrogens is 838 g/mol. The van der Waals surface area contributed by atoms with Crippen LogP contribution in [0.2, 0.25) is 0 Å². The minimum Gasteiger partial charge on any atom is -0.393 e. The number of aliphatic hydroxyl groups is 7. The van der Waals surface area contributed by atoms with Crippen molar-refractivity contribution in [2.24, 2.45) is 0 Å². The maximum atomic E-state index is 13.0. The number of hydrogen-bond acceptors (Lipinski definition) is 11. The van der Waals surface area contributed by atoms with Gasteiger partial charge in [-0.1, -0.05) is 170 Å². The first-order valence-electron chi connectivity index (χ1n) is 24.8. The second kappa shape index (κ2) is 39.0. The fourth-order valence-corrected chi connectivity index (χ4v) is 8.57. The highest BCUT2D eigenvalue weighted by Gasteiger charge is 2.51. The van der Waals surface area contributed by atoms with Crippen LogP contribution in [0.1, 0.15) is 187 Å². The fourth-order valence-electron chi connectivity index (χ4n) is 7.60. The number of hydrogen-bond donors (Lipinski definition) is 9. The van der Waals surface area contributed by atoms with Crippen LogP contribution in [-0.2, 0) is 18.4 Å². The Hall–Kier alpha value is -2.00. The first-order chi connectivity index (χ1) is 30.8. The SMILES string of the molecule is C/C=C/CC/C=C/CC/C=C/C(O)C(COP(=O)(O)OC1C(O)C(O)C(O)C(O)C1O)NC(=O)CC(O)CCCCCCCCCCC/C=C\C/C=C\CCCCCCCCCCC. The van der Waals surface area contributed by atoms with E-state index in [9.17, 15) is 50.0 Å². The van der Waals surface area contributed by atoms with E-state index in [-0.39, 0.29) is 6.42 Å². The van der Waals surface area contributed by atoms with E-state index in [1.54, 1.807) is 6.08 Å². The molecule has 1 saturated carbocycles. The Balaban J connectivity index is 2.36. The van der Waals surface area contributed by atoms with Crippen molar-refractivity contribution in [1.82, 2.24) is 5.32 Å². The summed E-state index contributed by atoms with van der Waals surface area (Å²) in [5.41, 5.74) is 0. The third-order valence-electron chi connectivity index (χ3n) is 11.6. The number of rotatable bonds is 40. The van der Waals surface area contributed by atoms with Crippen LogP contribution in [0, 0.1) is 0 Å². The Morgan fingerprint density at radius 3 is 1.55 bits per heavy atom. The molecule has 0 saturated heterocycles. The van der Waals surface area contributed by atoms with E-state index in [0.29, 0.717) is 19.3 Å². The van der Waals surface area contributed by atoms with Gasteiger partial charge in [-0.25, -0.2) is 4.57 Å². The zero-order valence-electron chi connectivity index (χ0n) is 39.4. The Kier molecular flexibility index (Phi) is 36.6. The molecule has 1 aliphatic carbocycles. The molecule has 8 atom stereocenters. The van der Waals surface area contributed by atoms with Gasteiger partial charge in [-0.3, -0.25) is 13.8 Å². The maximum absolute atomic E-state index is 13.0. The van der Waals surface area contributed by atoms with E-state index in [0.717, 1.165) is 51.4 Å². The molecule has 0 aromatic heterocycles. The molecule has 14 heteroatoms. The summed E-state index contributed by atoms with van der Waals surface area (Å²) in [6.45, 7) is 3.47. The summed E-state index contributed by atoms with van der Waals surface area (Å²) in [6.07, 6.45) is 35.1. The van der Waals surface area contributed by atoms with Gasteiger partial charge in [-0.15, -0.1) is 0 Å². The van der Waals surface area contributed by atoms with Gasteiger partial charge in [0.1, 0.15) is 36.6 Å². The zero-order chi connectivity index (χ0) is 47.3. The monoisotopic (exact) mass is 928 g/mol. The molecule has 8 unspecified atom stereocenters. The van der Waals surface area contributed by atoms with E-state index in [4.69, 9.17) is 9.05 Å². The van der Waals surface area contributed by atoms with Crippen molar-refractivity contribution in [3.05, 3.63) is 60.8 Å². The number of aliphatic hydroxyl groups excluding tert-OH is 7. The topological polar surface area (TPSA) is 226 Å². The van der Waals surface area contributed by atoms with Crippen molar-refractivity contribution < 1.29 is 59.0 Å². The van der Waals surface area contributed by atoms with Crippen LogP contribution in [0.4, 0.5) is 0 Å². The number of amides is 1. The minimum absolute atomic E-state index is 0.262. The van der Waals surface area contributed by atoms with Crippen molar-refractivity contribution in [3.8, 4) is 0 Å². The summed E-state index contributed by atoms with van der Waals surface area (Å²) < 4.78 is 22.8. The highest BCUT2D eigenvalue weighted by atomic mass is 31.2. The molecule has 372 valence electrons. The van der Waals surface area contributed by atoms with Crippen molar-refractivity contribution >= 4 is 13.7 Å². The van der Waals surface area contributed by atoms with Gasteiger partial charge in [0, 0.05) is 0 Å². The molecule has 0 heterocycles. The van der Waals surface area contributed by atoms with E-state index >= 15 is 0 Å². The summed E-state index contributed by atoms with van der Waals surface area (Å²) >= 11 is 0. The number of allylic oxidation sites excluding steroid dienone is 9. The van der Waals surface area contributed by atoms with E-state index in [1.165, 1.54) is 102 Å². The molecule has 9 N–H and O–H groups in total. The summed E-state index contributed by atoms with van der Waals surface area (Å²) in [5, 5.41) is 74.3. The average Bonchev–Trinajstić information content (AvgIpc) is 3.27. The number of phosphoric acid groups is 1. The predicted octanol–water partition coefficient (Wildman–Crippen LogP) is 8.87. The molecule has 0 aliphatic heterocycles. The van der Waals surface area contributed by atoms with Crippen LogP contribution in [0.25, 0.3) is 0 Å². The summed E-state index contributed by atoms with van der Waals surface area (Å²) in [4.78, 5) is 23.4. The van der Waals surface area contributed by atoms with E-state index < -0.39 is 75.2 Å². The molecule has 1 rings (SSSR count). The fraction of sp³-hybridized carbons (Fsp3) is 0.780. The smallest absolute Gasteiger partial charge is 0.393 e. The van der Waals surface area contributed by atoms with Gasteiger partial charge in [-0.05, 0) is 71.1 Å². The van der Waals surface area contributed by atoms with Gasteiger partial charge in [0.15, 0.2) is 0 Å². The third-order valence-corrected chi connectivity index (χ3v) is 12.6. The van der Waals surface area contributed by atoms with Crippen LogP contribution in [0.5, 0.6) is 0 Å². The molecule has 0 bridgehead atoms. The summed E-state index contributed by atoms with van der Waals surface area (Å²) in [7, 11) is -5.15. The van der Waals surface area contributed by atoms with Crippen LogP contribution < -0.4 is 5.32 Å². The van der Waals surface area contributed by atoms with Gasteiger partial charge in [0.25, 0.3) is 0 Å². The molecule has 13 nitrogen and oxygen atoms in total. The Morgan fingerprint density at radius 1 is 0.594 bits per heavy atom. The molecule has 0 aromatic carbocycles. The first-order valence-corrected chi connectivity index (χ1v) is 26.3. The molecular formula is C50H90NO12P. The van der Waals surface area contributed by atoms with Gasteiger partial charge in [0.2, 0.25) is 5.91 Å². The number of phosphoric ester groups is 1. The summed E-state index contributed by atoms with van der Waals surface area (Å²) in [6, 6.07) is -1.27. The van der Waals surface area contributed by atoms with Crippen molar-refractivity contribution in [2.45, 2.75) is 242 Å². The van der Waals surface area contributed by atoms with Crippen molar-refractivity contribution in [3.63, 3.8) is 0 Å². The lowest BCUT2D eigenvalue weighted by molar-refractivity contribution is -0.220. The van der Waals surface area contributed by atoms with Gasteiger partial charge >= 0.3 is 7.82 Å². The van der Waals surface area contributed by atoms with Crippen molar-refractivity contribution in [1.29, 1.82) is 0 Å². The maximum Gasteiger partial charge on any atom is 0.472 e. The lowest BCUT2D eigenvalue weighted by Gasteiger charge is -2.41. The van der Waals surface area contributed by atoms with Crippen LogP contribution in [0.15, 0.2) is 60.8 Å². The molecule has 1 aliphatic rings. The van der Waals surface area contributed by atoms with Gasteiger partial charge < -0.3 is 46.0 Å². The first kappa shape index (κ1) is 60.0. The number of carbonyl (C=O) groups is 1. The Morgan fingerprint density at radius 2 is 1.03 bits per heavy atom. The normalized spacial score (nSPS) is 23.2. The zero-order valence-corrected chi connectivity index (χ0v) is 40.3. The highest BCUT2D eigenvalue weighted by Crippen LogP contribution is 2.47.